The van der Waals surface area contributed by atoms with E-state index in [0.29, 0.717) is 6.04 Å². The smallest absolute Gasteiger partial charge is 0.123 e. The normalized spacial score (nSPS) is 18.5. The molecule has 1 N–H and O–H groups in total. The van der Waals surface area contributed by atoms with Gasteiger partial charge in [-0.1, -0.05) is 28.8 Å². The van der Waals surface area contributed by atoms with Crippen molar-refractivity contribution >= 4 is 15.9 Å². The van der Waals surface area contributed by atoms with E-state index in [2.05, 4.69) is 21.2 Å². The van der Waals surface area contributed by atoms with E-state index in [0.717, 1.165) is 22.4 Å². The van der Waals surface area contributed by atoms with Gasteiger partial charge in [-0.2, -0.15) is 0 Å². The lowest BCUT2D eigenvalue weighted by atomic mass is 9.92. The number of benzene rings is 1. The third-order valence-electron chi connectivity index (χ3n) is 3.79. The number of nitrogens with one attached hydrogen (secondary N) is 1. The van der Waals surface area contributed by atoms with Crippen LogP contribution in [0.4, 0.5) is 4.39 Å². The minimum atomic E-state index is -0.149. The molecule has 1 aliphatic carbocycles. The van der Waals surface area contributed by atoms with Gasteiger partial charge < -0.3 is 5.32 Å². The summed E-state index contributed by atoms with van der Waals surface area (Å²) in [5.74, 6) is 0.597. The van der Waals surface area contributed by atoms with E-state index in [4.69, 9.17) is 0 Å². The van der Waals surface area contributed by atoms with Crippen molar-refractivity contribution < 1.29 is 4.39 Å². The molecular weight excluding hydrogens is 281 g/mol. The Morgan fingerprint density at radius 3 is 2.76 bits per heavy atom. The Kier molecular flexibility index (Phi) is 4.57. The van der Waals surface area contributed by atoms with Crippen LogP contribution in [-0.4, -0.2) is 13.1 Å². The summed E-state index contributed by atoms with van der Waals surface area (Å²) in [5, 5.41) is 3.40. The van der Waals surface area contributed by atoms with Crippen molar-refractivity contribution in [3.05, 3.63) is 34.1 Å². The molecular formula is C14H19BrFN. The molecule has 1 nitrogen and oxygen atoms in total. The summed E-state index contributed by atoms with van der Waals surface area (Å²) in [4.78, 5) is 0. The lowest BCUT2D eigenvalue weighted by molar-refractivity contribution is 0.376. The lowest BCUT2D eigenvalue weighted by Crippen LogP contribution is -2.34. The van der Waals surface area contributed by atoms with Crippen LogP contribution in [0.5, 0.6) is 0 Å². The van der Waals surface area contributed by atoms with Gasteiger partial charge in [0.2, 0.25) is 0 Å². The molecule has 94 valence electrons. The molecule has 1 aliphatic rings. The first-order valence-corrected chi connectivity index (χ1v) is 7.11. The van der Waals surface area contributed by atoms with Crippen molar-refractivity contribution in [2.45, 2.75) is 38.1 Å². The van der Waals surface area contributed by atoms with Crippen molar-refractivity contribution in [2.75, 3.05) is 7.05 Å². The van der Waals surface area contributed by atoms with Crippen LogP contribution in [0.25, 0.3) is 0 Å². The Bertz CT molecular complexity index is 374. The van der Waals surface area contributed by atoms with Crippen LogP contribution in [0.15, 0.2) is 22.7 Å². The molecule has 0 aliphatic heterocycles. The highest BCUT2D eigenvalue weighted by molar-refractivity contribution is 9.10. The van der Waals surface area contributed by atoms with E-state index in [1.807, 2.05) is 7.05 Å². The molecule has 0 amide bonds. The predicted molar refractivity (Wildman–Crippen MR) is 72.6 cm³/mol. The van der Waals surface area contributed by atoms with Crippen LogP contribution in [0.3, 0.4) is 0 Å². The molecule has 1 atom stereocenters. The topological polar surface area (TPSA) is 12.0 Å². The summed E-state index contributed by atoms with van der Waals surface area (Å²) in [6, 6.07) is 5.41. The maximum Gasteiger partial charge on any atom is 0.123 e. The molecule has 17 heavy (non-hydrogen) atoms. The van der Waals surface area contributed by atoms with Gasteiger partial charge in [0, 0.05) is 10.5 Å². The minimum Gasteiger partial charge on any atom is -0.316 e. The highest BCUT2D eigenvalue weighted by Gasteiger charge is 2.24. The number of halogens is 2. The Morgan fingerprint density at radius 1 is 1.41 bits per heavy atom. The number of rotatable bonds is 4. The summed E-state index contributed by atoms with van der Waals surface area (Å²) >= 11 is 3.50. The molecule has 0 saturated heterocycles. The summed E-state index contributed by atoms with van der Waals surface area (Å²) in [7, 11) is 2.01. The molecule has 1 aromatic carbocycles. The molecule has 1 aromatic rings. The van der Waals surface area contributed by atoms with Gasteiger partial charge in [0.25, 0.3) is 0 Å². The van der Waals surface area contributed by atoms with E-state index in [-0.39, 0.29) is 5.82 Å². The first kappa shape index (κ1) is 13.0. The summed E-state index contributed by atoms with van der Waals surface area (Å²) < 4.78 is 14.2. The van der Waals surface area contributed by atoms with Gasteiger partial charge >= 0.3 is 0 Å². The van der Waals surface area contributed by atoms with Gasteiger partial charge in [0.1, 0.15) is 5.82 Å². The quantitative estimate of drug-likeness (QED) is 0.889. The fraction of sp³-hybridized carbons (Fsp3) is 0.571. The number of hydrogen-bond acceptors (Lipinski definition) is 1. The Morgan fingerprint density at radius 2 is 2.12 bits per heavy atom. The van der Waals surface area contributed by atoms with Crippen LogP contribution in [-0.2, 0) is 6.42 Å². The number of likely N-dealkylation sites (N-methyl/N-ethyl adjacent to an activating group) is 1. The summed E-state index contributed by atoms with van der Waals surface area (Å²) in [6.45, 7) is 0. The molecule has 0 radical (unpaired) electrons. The molecule has 3 heteroatoms. The van der Waals surface area contributed by atoms with Gasteiger partial charge in [-0.25, -0.2) is 4.39 Å². The molecule has 1 saturated carbocycles. The van der Waals surface area contributed by atoms with E-state index in [1.165, 1.54) is 31.7 Å². The second-order valence-corrected chi connectivity index (χ2v) is 5.73. The number of hydrogen-bond donors (Lipinski definition) is 1. The average molecular weight is 300 g/mol. The van der Waals surface area contributed by atoms with Gasteiger partial charge in [-0.05, 0) is 56.0 Å². The van der Waals surface area contributed by atoms with Gasteiger partial charge in [-0.3, -0.25) is 0 Å². The largest absolute Gasteiger partial charge is 0.316 e. The predicted octanol–water partition coefficient (Wildman–Crippen LogP) is 3.91. The highest BCUT2D eigenvalue weighted by atomic mass is 79.9. The zero-order valence-corrected chi connectivity index (χ0v) is 11.8. The summed E-state index contributed by atoms with van der Waals surface area (Å²) in [6.07, 6.45) is 6.19. The standard InChI is InChI=1S/C14H19BrFN/c1-17-14(10-4-2-3-5-10)9-11-8-12(16)6-7-13(11)15/h6-8,10,14,17H,2-5,9H2,1H3. The molecule has 0 heterocycles. The van der Waals surface area contributed by atoms with Crippen molar-refractivity contribution in [3.63, 3.8) is 0 Å². The second-order valence-electron chi connectivity index (χ2n) is 4.88. The third kappa shape index (κ3) is 3.29. The van der Waals surface area contributed by atoms with E-state index in [1.54, 1.807) is 12.1 Å². The second kappa shape index (κ2) is 5.96. The molecule has 2 rings (SSSR count). The molecule has 0 spiro atoms. The van der Waals surface area contributed by atoms with Crippen molar-refractivity contribution in [1.82, 2.24) is 5.32 Å². The molecule has 1 fully saturated rings. The third-order valence-corrected chi connectivity index (χ3v) is 4.56. The molecule has 0 aromatic heterocycles. The monoisotopic (exact) mass is 299 g/mol. The van der Waals surface area contributed by atoms with Crippen LogP contribution in [0.1, 0.15) is 31.2 Å². The maximum absolute atomic E-state index is 13.2. The van der Waals surface area contributed by atoms with Crippen molar-refractivity contribution in [2.24, 2.45) is 5.92 Å². The zero-order valence-electron chi connectivity index (χ0n) is 10.2. The average Bonchev–Trinajstić information content (AvgIpc) is 2.84. The van der Waals surface area contributed by atoms with Gasteiger partial charge in [0.05, 0.1) is 0 Å². The van der Waals surface area contributed by atoms with E-state index < -0.39 is 0 Å². The fourth-order valence-corrected chi connectivity index (χ4v) is 3.21. The lowest BCUT2D eigenvalue weighted by Gasteiger charge is -2.23. The van der Waals surface area contributed by atoms with Crippen LogP contribution in [0.2, 0.25) is 0 Å². The SMILES string of the molecule is CNC(Cc1cc(F)ccc1Br)C1CCCC1. The molecule has 1 unspecified atom stereocenters. The van der Waals surface area contributed by atoms with Crippen LogP contribution < -0.4 is 5.32 Å². The Labute approximate surface area is 111 Å². The van der Waals surface area contributed by atoms with E-state index in [9.17, 15) is 4.39 Å². The van der Waals surface area contributed by atoms with Crippen LogP contribution in [0, 0.1) is 11.7 Å². The highest BCUT2D eigenvalue weighted by Crippen LogP contribution is 2.30. The van der Waals surface area contributed by atoms with Gasteiger partial charge in [0.15, 0.2) is 0 Å². The van der Waals surface area contributed by atoms with Crippen LogP contribution >= 0.6 is 15.9 Å². The minimum absolute atomic E-state index is 0.149. The zero-order chi connectivity index (χ0) is 12.3. The van der Waals surface area contributed by atoms with Crippen molar-refractivity contribution in [3.8, 4) is 0 Å². The maximum atomic E-state index is 13.2. The van der Waals surface area contributed by atoms with E-state index >= 15 is 0 Å². The Balaban J connectivity index is 2.09. The fourth-order valence-electron chi connectivity index (χ4n) is 2.80. The van der Waals surface area contributed by atoms with Gasteiger partial charge in [-0.15, -0.1) is 0 Å². The molecule has 0 bridgehead atoms. The Hall–Kier alpha value is -0.410. The first-order valence-electron chi connectivity index (χ1n) is 6.32. The van der Waals surface area contributed by atoms with Crippen molar-refractivity contribution in [1.29, 1.82) is 0 Å². The summed E-state index contributed by atoms with van der Waals surface area (Å²) in [5.41, 5.74) is 1.07. The first-order chi connectivity index (χ1) is 8.20.